The van der Waals surface area contributed by atoms with Gasteiger partial charge in [0.1, 0.15) is 17.9 Å². The van der Waals surface area contributed by atoms with Crippen LogP contribution in [-0.4, -0.2) is 30.1 Å². The van der Waals surface area contributed by atoms with Crippen molar-refractivity contribution in [1.29, 1.82) is 5.26 Å². The minimum Gasteiger partial charge on any atom is -0.483 e. The number of rotatable bonds is 3. The Balaban J connectivity index is 1.67. The normalized spacial score (nSPS) is 25.5. The molecule has 4 nitrogen and oxygen atoms in total. The number of nitrogens with zero attached hydrogens (tertiary/aromatic N) is 2. The lowest BCUT2D eigenvalue weighted by Crippen LogP contribution is -2.49. The minimum absolute atomic E-state index is 0.0789. The van der Waals surface area contributed by atoms with Gasteiger partial charge in [0.15, 0.2) is 0 Å². The third kappa shape index (κ3) is 3.37. The second-order valence-electron chi connectivity index (χ2n) is 7.16. The molecule has 4 rings (SSSR count). The Labute approximate surface area is 162 Å². The molecule has 0 amide bonds. The van der Waals surface area contributed by atoms with Gasteiger partial charge in [-0.05, 0) is 55.1 Å². The van der Waals surface area contributed by atoms with Crippen molar-refractivity contribution >= 4 is 15.9 Å². The first-order valence-electron chi connectivity index (χ1n) is 9.09. The summed E-state index contributed by atoms with van der Waals surface area (Å²) in [7, 11) is 0. The quantitative estimate of drug-likeness (QED) is 0.834. The molecule has 5 heteroatoms. The Morgan fingerprint density at radius 2 is 2.08 bits per heavy atom. The van der Waals surface area contributed by atoms with Gasteiger partial charge < -0.3 is 10.5 Å². The number of halogens is 1. The molecule has 0 unspecified atom stereocenters. The number of benzene rings is 2. The number of fused-ring (bicyclic) bond motifs is 1. The van der Waals surface area contributed by atoms with Gasteiger partial charge in [-0.25, -0.2) is 0 Å². The number of piperidine rings is 1. The fourth-order valence-electron chi connectivity index (χ4n) is 4.17. The van der Waals surface area contributed by atoms with E-state index >= 15 is 0 Å². The average molecular weight is 412 g/mol. The summed E-state index contributed by atoms with van der Waals surface area (Å²) in [5, 5.41) is 9.48. The third-order valence-electron chi connectivity index (χ3n) is 5.41. The molecule has 26 heavy (non-hydrogen) atoms. The van der Waals surface area contributed by atoms with Crippen molar-refractivity contribution in [2.75, 3.05) is 13.1 Å². The van der Waals surface area contributed by atoms with Crippen molar-refractivity contribution in [1.82, 2.24) is 4.90 Å². The zero-order valence-corrected chi connectivity index (χ0v) is 16.2. The van der Waals surface area contributed by atoms with E-state index in [1.54, 1.807) is 0 Å². The van der Waals surface area contributed by atoms with Crippen molar-refractivity contribution in [2.24, 2.45) is 5.73 Å². The van der Waals surface area contributed by atoms with E-state index in [-0.39, 0.29) is 18.2 Å². The molecular weight excluding hydrogens is 390 g/mol. The number of hydrogen-bond donors (Lipinski definition) is 1. The summed E-state index contributed by atoms with van der Waals surface area (Å²) < 4.78 is 7.34. The first kappa shape index (κ1) is 17.5. The molecule has 2 aliphatic rings. The van der Waals surface area contributed by atoms with E-state index in [1.807, 2.05) is 18.2 Å². The number of likely N-dealkylation sites (tertiary alicyclic amines) is 1. The maximum Gasteiger partial charge on any atom is 0.140 e. The lowest BCUT2D eigenvalue weighted by Gasteiger charge is -2.38. The number of nitrogens with two attached hydrogens (primary N) is 1. The van der Waals surface area contributed by atoms with Crippen LogP contribution in [0.2, 0.25) is 0 Å². The topological polar surface area (TPSA) is 62.3 Å². The summed E-state index contributed by atoms with van der Waals surface area (Å²) in [6, 6.07) is 16.8. The van der Waals surface area contributed by atoms with Gasteiger partial charge in [0, 0.05) is 17.1 Å². The molecule has 1 heterocycles. The van der Waals surface area contributed by atoms with Gasteiger partial charge in [0.05, 0.1) is 11.6 Å². The third-order valence-corrected chi connectivity index (χ3v) is 5.91. The van der Waals surface area contributed by atoms with Crippen LogP contribution in [0.25, 0.3) is 0 Å². The Hall–Kier alpha value is -1.87. The SMILES string of the molecule is N#Cc1cc(Br)ccc1O[C@@H]1c2ccccc2C[C@H]1N1CCC[C@@H](N)C1. The maximum absolute atomic E-state index is 9.48. The zero-order valence-electron chi connectivity index (χ0n) is 14.6. The largest absolute Gasteiger partial charge is 0.483 e. The second-order valence-corrected chi connectivity index (χ2v) is 8.07. The van der Waals surface area contributed by atoms with E-state index in [0.29, 0.717) is 11.3 Å². The standard InChI is InChI=1S/C21H22BrN3O/c22-16-7-8-20(15(10-16)12-23)26-21-18-6-2-1-4-14(18)11-19(21)25-9-3-5-17(24)13-25/h1-2,4,6-8,10,17,19,21H,3,5,9,11,13,24H2/t17-,19-,21-/m1/s1. The van der Waals surface area contributed by atoms with E-state index < -0.39 is 0 Å². The smallest absolute Gasteiger partial charge is 0.140 e. The molecule has 134 valence electrons. The Bertz CT molecular complexity index is 847. The minimum atomic E-state index is -0.0789. The molecule has 1 aliphatic carbocycles. The highest BCUT2D eigenvalue weighted by Crippen LogP contribution is 2.39. The summed E-state index contributed by atoms with van der Waals surface area (Å²) in [5.74, 6) is 0.642. The average Bonchev–Trinajstić information content (AvgIpc) is 3.02. The van der Waals surface area contributed by atoms with Crippen LogP contribution in [0, 0.1) is 11.3 Å². The van der Waals surface area contributed by atoms with Crippen molar-refractivity contribution in [3.05, 3.63) is 63.6 Å². The molecule has 2 aromatic carbocycles. The highest BCUT2D eigenvalue weighted by atomic mass is 79.9. The van der Waals surface area contributed by atoms with E-state index in [9.17, 15) is 5.26 Å². The molecule has 0 bridgehead atoms. The lowest BCUT2D eigenvalue weighted by atomic mass is 10.0. The highest BCUT2D eigenvalue weighted by molar-refractivity contribution is 9.10. The summed E-state index contributed by atoms with van der Waals surface area (Å²) >= 11 is 3.43. The summed E-state index contributed by atoms with van der Waals surface area (Å²) in [6.07, 6.45) is 3.10. The second kappa shape index (κ2) is 7.40. The molecular formula is C21H22BrN3O. The fraction of sp³-hybridized carbons (Fsp3) is 0.381. The van der Waals surface area contributed by atoms with Gasteiger partial charge in [-0.1, -0.05) is 40.2 Å². The van der Waals surface area contributed by atoms with Crippen molar-refractivity contribution in [2.45, 2.75) is 37.5 Å². The number of ether oxygens (including phenoxy) is 1. The molecule has 0 saturated carbocycles. The van der Waals surface area contributed by atoms with E-state index in [4.69, 9.17) is 10.5 Å². The highest BCUT2D eigenvalue weighted by Gasteiger charge is 2.39. The van der Waals surface area contributed by atoms with Gasteiger partial charge in [0.2, 0.25) is 0 Å². The lowest BCUT2D eigenvalue weighted by molar-refractivity contribution is 0.0591. The van der Waals surface area contributed by atoms with Crippen molar-refractivity contribution in [3.8, 4) is 11.8 Å². The predicted molar refractivity (Wildman–Crippen MR) is 105 cm³/mol. The van der Waals surface area contributed by atoms with Crippen molar-refractivity contribution in [3.63, 3.8) is 0 Å². The van der Waals surface area contributed by atoms with Gasteiger partial charge in [-0.2, -0.15) is 5.26 Å². The monoisotopic (exact) mass is 411 g/mol. The van der Waals surface area contributed by atoms with Gasteiger partial charge in [-0.3, -0.25) is 4.90 Å². The molecule has 3 atom stereocenters. The molecule has 0 spiro atoms. The first-order chi connectivity index (χ1) is 12.7. The fourth-order valence-corrected chi connectivity index (χ4v) is 4.53. The molecule has 2 N–H and O–H groups in total. The van der Waals surface area contributed by atoms with E-state index in [2.05, 4.69) is 51.2 Å². The molecule has 1 aliphatic heterocycles. The van der Waals surface area contributed by atoms with Gasteiger partial charge >= 0.3 is 0 Å². The number of nitriles is 1. The predicted octanol–water partition coefficient (Wildman–Crippen LogP) is 3.79. The molecule has 1 saturated heterocycles. The molecule has 0 radical (unpaired) electrons. The Kier molecular flexibility index (Phi) is 4.99. The summed E-state index contributed by atoms with van der Waals surface area (Å²) in [5.41, 5.74) is 9.34. The van der Waals surface area contributed by atoms with Crippen LogP contribution in [0.3, 0.4) is 0 Å². The Morgan fingerprint density at radius 1 is 1.23 bits per heavy atom. The van der Waals surface area contributed by atoms with Gasteiger partial charge in [0.25, 0.3) is 0 Å². The van der Waals surface area contributed by atoms with E-state index in [0.717, 1.165) is 36.8 Å². The van der Waals surface area contributed by atoms with Crippen LogP contribution in [0.1, 0.15) is 35.6 Å². The number of hydrogen-bond acceptors (Lipinski definition) is 4. The molecule has 2 aromatic rings. The van der Waals surface area contributed by atoms with Crippen LogP contribution in [0.4, 0.5) is 0 Å². The maximum atomic E-state index is 9.48. The first-order valence-corrected chi connectivity index (χ1v) is 9.89. The van der Waals surface area contributed by atoms with Crippen LogP contribution in [0.5, 0.6) is 5.75 Å². The summed E-state index contributed by atoms with van der Waals surface area (Å²) in [6.45, 7) is 1.96. The van der Waals surface area contributed by atoms with Crippen molar-refractivity contribution < 1.29 is 4.74 Å². The van der Waals surface area contributed by atoms with Crippen LogP contribution in [-0.2, 0) is 6.42 Å². The van der Waals surface area contributed by atoms with Crippen LogP contribution in [0.15, 0.2) is 46.9 Å². The Morgan fingerprint density at radius 3 is 2.88 bits per heavy atom. The van der Waals surface area contributed by atoms with E-state index in [1.165, 1.54) is 11.1 Å². The molecule has 0 aromatic heterocycles. The van der Waals surface area contributed by atoms with Crippen LogP contribution < -0.4 is 10.5 Å². The van der Waals surface area contributed by atoms with Crippen LogP contribution >= 0.6 is 15.9 Å². The van der Waals surface area contributed by atoms with Gasteiger partial charge in [-0.15, -0.1) is 0 Å². The summed E-state index contributed by atoms with van der Waals surface area (Å²) in [4.78, 5) is 2.48. The zero-order chi connectivity index (χ0) is 18.1. The molecule has 1 fully saturated rings.